The molecular formula is C14H25Cl2N3O. The third kappa shape index (κ3) is 9.02. The van der Waals surface area contributed by atoms with E-state index in [0.717, 1.165) is 25.3 Å². The Morgan fingerprint density at radius 1 is 1.10 bits per heavy atom. The summed E-state index contributed by atoms with van der Waals surface area (Å²) in [6, 6.07) is 9.74. The third-order valence-corrected chi connectivity index (χ3v) is 2.87. The van der Waals surface area contributed by atoms with Crippen LogP contribution in [0.4, 0.5) is 5.69 Å². The van der Waals surface area contributed by atoms with Gasteiger partial charge in [0.05, 0.1) is 6.54 Å². The molecule has 0 spiro atoms. The van der Waals surface area contributed by atoms with E-state index in [1.165, 1.54) is 0 Å². The fourth-order valence-corrected chi connectivity index (χ4v) is 1.69. The molecule has 20 heavy (non-hydrogen) atoms. The molecule has 0 aromatic heterocycles. The number of carbonyl (C=O) groups excluding carboxylic acids is 1. The van der Waals surface area contributed by atoms with Crippen LogP contribution in [0.5, 0.6) is 0 Å². The second kappa shape index (κ2) is 13.0. The quantitative estimate of drug-likeness (QED) is 0.772. The van der Waals surface area contributed by atoms with Crippen LogP contribution in [0.3, 0.4) is 0 Å². The molecule has 116 valence electrons. The van der Waals surface area contributed by atoms with Crippen LogP contribution in [0.2, 0.25) is 0 Å². The van der Waals surface area contributed by atoms with Gasteiger partial charge in [-0.25, -0.2) is 0 Å². The van der Waals surface area contributed by atoms with Crippen LogP contribution < -0.4 is 10.6 Å². The van der Waals surface area contributed by atoms with Gasteiger partial charge in [-0.15, -0.1) is 24.8 Å². The summed E-state index contributed by atoms with van der Waals surface area (Å²) in [5.41, 5.74) is 0.969. The lowest BCUT2D eigenvalue weighted by Gasteiger charge is -2.18. The number of nitrogens with one attached hydrogen (secondary N) is 2. The topological polar surface area (TPSA) is 44.4 Å². The minimum atomic E-state index is 0. The van der Waals surface area contributed by atoms with Crippen LogP contribution in [-0.4, -0.2) is 43.5 Å². The summed E-state index contributed by atoms with van der Waals surface area (Å²) in [4.78, 5) is 13.9. The predicted octanol–water partition coefficient (Wildman–Crippen LogP) is 2.40. The first-order chi connectivity index (χ1) is 8.76. The zero-order chi connectivity index (χ0) is 13.2. The van der Waals surface area contributed by atoms with Gasteiger partial charge in [-0.3, -0.25) is 4.79 Å². The Kier molecular flexibility index (Phi) is 13.9. The van der Waals surface area contributed by atoms with Gasteiger partial charge in [0.15, 0.2) is 0 Å². The molecule has 1 aromatic carbocycles. The molecule has 4 nitrogen and oxygen atoms in total. The number of hydrogen-bond donors (Lipinski definition) is 2. The Labute approximate surface area is 134 Å². The van der Waals surface area contributed by atoms with Crippen molar-refractivity contribution in [3.05, 3.63) is 30.3 Å². The standard InChI is InChI=1S/C14H23N3O.2ClH/c1-3-17(4-2)11-10-15-14(18)12-16-13-8-6-5-7-9-13;;/h5-9,16H,3-4,10-12H2,1-2H3,(H,15,18);2*1H. The predicted molar refractivity (Wildman–Crippen MR) is 90.2 cm³/mol. The fourth-order valence-electron chi connectivity index (χ4n) is 1.69. The molecule has 0 atom stereocenters. The van der Waals surface area contributed by atoms with Gasteiger partial charge in [0.2, 0.25) is 5.91 Å². The normalized spacial score (nSPS) is 9.35. The van der Waals surface area contributed by atoms with E-state index in [2.05, 4.69) is 29.4 Å². The molecule has 0 aliphatic carbocycles. The van der Waals surface area contributed by atoms with E-state index in [-0.39, 0.29) is 30.7 Å². The fraction of sp³-hybridized carbons (Fsp3) is 0.500. The van der Waals surface area contributed by atoms with Crippen molar-refractivity contribution < 1.29 is 4.79 Å². The van der Waals surface area contributed by atoms with Crippen LogP contribution in [-0.2, 0) is 4.79 Å². The lowest BCUT2D eigenvalue weighted by atomic mass is 10.3. The zero-order valence-corrected chi connectivity index (χ0v) is 13.7. The summed E-state index contributed by atoms with van der Waals surface area (Å²) in [7, 11) is 0. The Morgan fingerprint density at radius 2 is 1.70 bits per heavy atom. The number of hydrogen-bond acceptors (Lipinski definition) is 3. The highest BCUT2D eigenvalue weighted by molar-refractivity contribution is 5.85. The van der Waals surface area contributed by atoms with Gasteiger partial charge in [0, 0.05) is 18.8 Å². The van der Waals surface area contributed by atoms with Crippen LogP contribution in [0.25, 0.3) is 0 Å². The number of nitrogens with zero attached hydrogens (tertiary/aromatic N) is 1. The maximum atomic E-state index is 11.6. The van der Waals surface area contributed by atoms with Crippen molar-refractivity contribution in [1.29, 1.82) is 0 Å². The minimum absolute atomic E-state index is 0. The van der Waals surface area contributed by atoms with Crippen molar-refractivity contribution in [3.63, 3.8) is 0 Å². The van der Waals surface area contributed by atoms with Gasteiger partial charge >= 0.3 is 0 Å². The zero-order valence-electron chi connectivity index (χ0n) is 12.1. The molecule has 6 heteroatoms. The van der Waals surface area contributed by atoms with E-state index in [1.807, 2.05) is 30.3 Å². The van der Waals surface area contributed by atoms with Crippen LogP contribution in [0, 0.1) is 0 Å². The molecule has 0 fully saturated rings. The molecule has 0 unspecified atom stereocenters. The smallest absolute Gasteiger partial charge is 0.239 e. The molecule has 0 aliphatic heterocycles. The number of amides is 1. The lowest BCUT2D eigenvalue weighted by Crippen LogP contribution is -2.37. The molecule has 0 radical (unpaired) electrons. The number of halogens is 2. The van der Waals surface area contributed by atoms with Gasteiger partial charge in [-0.05, 0) is 25.2 Å². The SMILES string of the molecule is CCN(CC)CCNC(=O)CNc1ccccc1.Cl.Cl. The Balaban J connectivity index is 0. The van der Waals surface area contributed by atoms with Crippen molar-refractivity contribution in [2.75, 3.05) is 38.0 Å². The minimum Gasteiger partial charge on any atom is -0.376 e. The molecule has 0 bridgehead atoms. The summed E-state index contributed by atoms with van der Waals surface area (Å²) < 4.78 is 0. The first-order valence-corrected chi connectivity index (χ1v) is 6.54. The number of para-hydroxylation sites is 1. The van der Waals surface area contributed by atoms with Gasteiger partial charge in [0.1, 0.15) is 0 Å². The highest BCUT2D eigenvalue weighted by Gasteiger charge is 2.02. The molecule has 1 amide bonds. The average molecular weight is 322 g/mol. The van der Waals surface area contributed by atoms with Crippen molar-refractivity contribution in [1.82, 2.24) is 10.2 Å². The summed E-state index contributed by atoms with van der Waals surface area (Å²) in [6.07, 6.45) is 0. The van der Waals surface area contributed by atoms with Gasteiger partial charge in [-0.1, -0.05) is 32.0 Å². The van der Waals surface area contributed by atoms with E-state index in [9.17, 15) is 4.79 Å². The largest absolute Gasteiger partial charge is 0.376 e. The van der Waals surface area contributed by atoms with Crippen LogP contribution in [0.15, 0.2) is 30.3 Å². The molecule has 0 saturated carbocycles. The van der Waals surface area contributed by atoms with E-state index in [0.29, 0.717) is 13.1 Å². The third-order valence-electron chi connectivity index (χ3n) is 2.87. The monoisotopic (exact) mass is 321 g/mol. The highest BCUT2D eigenvalue weighted by atomic mass is 35.5. The van der Waals surface area contributed by atoms with Gasteiger partial charge < -0.3 is 15.5 Å². The van der Waals surface area contributed by atoms with E-state index in [1.54, 1.807) is 0 Å². The molecule has 0 heterocycles. The highest BCUT2D eigenvalue weighted by Crippen LogP contribution is 2.03. The maximum absolute atomic E-state index is 11.6. The number of benzene rings is 1. The van der Waals surface area contributed by atoms with Crippen molar-refractivity contribution in [3.8, 4) is 0 Å². The number of carbonyl (C=O) groups is 1. The van der Waals surface area contributed by atoms with Gasteiger partial charge in [-0.2, -0.15) is 0 Å². The Morgan fingerprint density at radius 3 is 2.25 bits per heavy atom. The van der Waals surface area contributed by atoms with E-state index >= 15 is 0 Å². The van der Waals surface area contributed by atoms with E-state index in [4.69, 9.17) is 0 Å². The molecule has 0 saturated heterocycles. The van der Waals surface area contributed by atoms with Crippen molar-refractivity contribution in [2.24, 2.45) is 0 Å². The molecular weight excluding hydrogens is 297 g/mol. The maximum Gasteiger partial charge on any atom is 0.239 e. The second-order valence-electron chi connectivity index (χ2n) is 4.10. The summed E-state index contributed by atoms with van der Waals surface area (Å²) >= 11 is 0. The van der Waals surface area contributed by atoms with Gasteiger partial charge in [0.25, 0.3) is 0 Å². The molecule has 0 aliphatic rings. The molecule has 2 N–H and O–H groups in total. The number of likely N-dealkylation sites (N-methyl/N-ethyl adjacent to an activating group) is 1. The molecule has 1 rings (SSSR count). The van der Waals surface area contributed by atoms with E-state index < -0.39 is 0 Å². The summed E-state index contributed by atoms with van der Waals surface area (Å²) in [5, 5.41) is 5.99. The van der Waals surface area contributed by atoms with Crippen molar-refractivity contribution >= 4 is 36.4 Å². The average Bonchev–Trinajstić information content (AvgIpc) is 2.42. The summed E-state index contributed by atoms with van der Waals surface area (Å²) in [5.74, 6) is 0.0333. The second-order valence-corrected chi connectivity index (χ2v) is 4.10. The van der Waals surface area contributed by atoms with Crippen LogP contribution in [0.1, 0.15) is 13.8 Å². The van der Waals surface area contributed by atoms with Crippen LogP contribution >= 0.6 is 24.8 Å². The summed E-state index contributed by atoms with van der Waals surface area (Å²) in [6.45, 7) is 8.23. The Bertz CT molecular complexity index is 346. The Hall–Kier alpha value is -0.970. The first-order valence-electron chi connectivity index (χ1n) is 6.54. The first kappa shape index (κ1) is 21.3. The lowest BCUT2D eigenvalue weighted by molar-refractivity contribution is -0.119. The molecule has 1 aromatic rings. The number of anilines is 1. The number of rotatable bonds is 8. The van der Waals surface area contributed by atoms with Crippen molar-refractivity contribution in [2.45, 2.75) is 13.8 Å².